The Morgan fingerprint density at radius 3 is 2.67 bits per heavy atom. The molecule has 0 amide bonds. The van der Waals surface area contributed by atoms with Gasteiger partial charge in [0.2, 0.25) is 5.90 Å². The minimum Gasteiger partial charge on any atom is -0.493 e. The van der Waals surface area contributed by atoms with Crippen molar-refractivity contribution in [3.05, 3.63) is 70.4 Å². The van der Waals surface area contributed by atoms with Crippen LogP contribution in [0.25, 0.3) is 6.08 Å². The van der Waals surface area contributed by atoms with Crippen LogP contribution >= 0.6 is 11.6 Å². The third-order valence-electron chi connectivity index (χ3n) is 3.38. The number of rotatable bonds is 5. The van der Waals surface area contributed by atoms with Gasteiger partial charge in [-0.3, -0.25) is 0 Å². The summed E-state index contributed by atoms with van der Waals surface area (Å²) in [5.41, 5.74) is 1.73. The van der Waals surface area contributed by atoms with E-state index in [-0.39, 0.29) is 11.6 Å². The first kappa shape index (κ1) is 16.3. The van der Waals surface area contributed by atoms with Crippen molar-refractivity contribution in [1.29, 1.82) is 0 Å². The first-order chi connectivity index (χ1) is 11.7. The van der Waals surface area contributed by atoms with Gasteiger partial charge in [0.25, 0.3) is 0 Å². The van der Waals surface area contributed by atoms with E-state index in [0.29, 0.717) is 17.2 Å². The van der Waals surface area contributed by atoms with Gasteiger partial charge in [-0.25, -0.2) is 9.79 Å². The highest BCUT2D eigenvalue weighted by molar-refractivity contribution is 6.30. The molecule has 0 fully saturated rings. The van der Waals surface area contributed by atoms with E-state index in [1.165, 1.54) is 0 Å². The number of hydrogen-bond donors (Lipinski definition) is 0. The quantitative estimate of drug-likeness (QED) is 0.595. The maximum atomic E-state index is 12.1. The SMILES string of the molecule is CCCOc1ccccc1/C=C1/N=C(c2ccc(Cl)cc2)OC1=O. The van der Waals surface area contributed by atoms with Crippen molar-refractivity contribution in [2.24, 2.45) is 4.99 Å². The van der Waals surface area contributed by atoms with Crippen LogP contribution in [-0.2, 0) is 9.53 Å². The van der Waals surface area contributed by atoms with Gasteiger partial charge in [-0.05, 0) is 42.8 Å². The molecule has 24 heavy (non-hydrogen) atoms. The van der Waals surface area contributed by atoms with Gasteiger partial charge in [0.15, 0.2) is 5.70 Å². The summed E-state index contributed by atoms with van der Waals surface area (Å²) < 4.78 is 10.9. The number of cyclic esters (lactones) is 1. The topological polar surface area (TPSA) is 47.9 Å². The zero-order valence-electron chi connectivity index (χ0n) is 13.2. The molecule has 5 heteroatoms. The number of para-hydroxylation sites is 1. The summed E-state index contributed by atoms with van der Waals surface area (Å²) in [6, 6.07) is 14.5. The second-order valence-electron chi connectivity index (χ2n) is 5.23. The third-order valence-corrected chi connectivity index (χ3v) is 3.64. The average molecular weight is 342 g/mol. The van der Waals surface area contributed by atoms with Crippen LogP contribution in [0.15, 0.2) is 59.2 Å². The number of esters is 1. The van der Waals surface area contributed by atoms with Crippen molar-refractivity contribution < 1.29 is 14.3 Å². The van der Waals surface area contributed by atoms with Crippen LogP contribution in [-0.4, -0.2) is 18.5 Å². The molecule has 1 aliphatic heterocycles. The van der Waals surface area contributed by atoms with E-state index in [9.17, 15) is 4.79 Å². The molecule has 0 aromatic heterocycles. The summed E-state index contributed by atoms with van der Waals surface area (Å²) in [5, 5.41) is 0.612. The van der Waals surface area contributed by atoms with E-state index < -0.39 is 5.97 Å². The maximum absolute atomic E-state index is 12.1. The summed E-state index contributed by atoms with van der Waals surface area (Å²) in [5.74, 6) is 0.509. The van der Waals surface area contributed by atoms with E-state index in [4.69, 9.17) is 21.1 Å². The third kappa shape index (κ3) is 3.66. The van der Waals surface area contributed by atoms with Crippen molar-refractivity contribution in [2.45, 2.75) is 13.3 Å². The number of ether oxygens (including phenoxy) is 2. The number of aliphatic imine (C=N–C) groups is 1. The number of carbonyl (C=O) groups is 1. The van der Waals surface area contributed by atoms with Crippen molar-refractivity contribution in [3.8, 4) is 5.75 Å². The molecule has 0 N–H and O–H groups in total. The molecule has 0 aliphatic carbocycles. The summed E-state index contributed by atoms with van der Waals surface area (Å²) in [6.07, 6.45) is 2.59. The van der Waals surface area contributed by atoms with Crippen LogP contribution in [0.2, 0.25) is 5.02 Å². The van der Waals surface area contributed by atoms with Crippen molar-refractivity contribution in [1.82, 2.24) is 0 Å². The number of hydrogen-bond acceptors (Lipinski definition) is 4. The Bertz CT molecular complexity index is 810. The molecule has 3 rings (SSSR count). The van der Waals surface area contributed by atoms with Crippen molar-refractivity contribution >= 4 is 29.5 Å². The minimum atomic E-state index is -0.481. The number of carbonyl (C=O) groups excluding carboxylic acids is 1. The molecule has 0 saturated carbocycles. The normalized spacial score (nSPS) is 15.3. The van der Waals surface area contributed by atoms with Gasteiger partial charge in [0.1, 0.15) is 5.75 Å². The molecule has 0 radical (unpaired) electrons. The van der Waals surface area contributed by atoms with Gasteiger partial charge in [0.05, 0.1) is 6.61 Å². The molecular weight excluding hydrogens is 326 g/mol. The fourth-order valence-electron chi connectivity index (χ4n) is 2.22. The van der Waals surface area contributed by atoms with Crippen LogP contribution in [0.4, 0.5) is 0 Å². The molecule has 4 nitrogen and oxygen atoms in total. The molecule has 2 aromatic carbocycles. The Balaban J connectivity index is 1.90. The number of nitrogens with zero attached hydrogens (tertiary/aromatic N) is 1. The molecular formula is C19H16ClNO3. The number of benzene rings is 2. The van der Waals surface area contributed by atoms with Gasteiger partial charge in [-0.1, -0.05) is 36.7 Å². The smallest absolute Gasteiger partial charge is 0.363 e. The summed E-state index contributed by atoms with van der Waals surface area (Å²) >= 11 is 5.87. The first-order valence-electron chi connectivity index (χ1n) is 7.67. The van der Waals surface area contributed by atoms with Crippen LogP contribution in [0, 0.1) is 0 Å². The summed E-state index contributed by atoms with van der Waals surface area (Å²) in [4.78, 5) is 16.4. The van der Waals surface area contributed by atoms with Crippen LogP contribution in [0.3, 0.4) is 0 Å². The van der Waals surface area contributed by atoms with Crippen molar-refractivity contribution in [3.63, 3.8) is 0 Å². The number of halogens is 1. The van der Waals surface area contributed by atoms with Crippen LogP contribution in [0.5, 0.6) is 5.75 Å². The molecule has 2 aromatic rings. The fourth-order valence-corrected chi connectivity index (χ4v) is 2.34. The van der Waals surface area contributed by atoms with E-state index in [1.54, 1.807) is 30.3 Å². The Kier molecular flexibility index (Phi) is 4.96. The van der Waals surface area contributed by atoms with E-state index >= 15 is 0 Å². The van der Waals surface area contributed by atoms with Crippen molar-refractivity contribution in [2.75, 3.05) is 6.61 Å². The van der Waals surface area contributed by atoms with E-state index in [0.717, 1.165) is 17.7 Å². The first-order valence-corrected chi connectivity index (χ1v) is 8.05. The Labute approximate surface area is 145 Å². The minimum absolute atomic E-state index is 0.243. The zero-order chi connectivity index (χ0) is 16.9. The molecule has 0 unspecified atom stereocenters. The predicted octanol–water partition coefficient (Wildman–Crippen LogP) is 4.47. The van der Waals surface area contributed by atoms with Crippen LogP contribution in [0.1, 0.15) is 24.5 Å². The van der Waals surface area contributed by atoms with Gasteiger partial charge in [-0.15, -0.1) is 0 Å². The maximum Gasteiger partial charge on any atom is 0.363 e. The molecule has 1 aliphatic rings. The molecule has 122 valence electrons. The lowest BCUT2D eigenvalue weighted by atomic mass is 10.1. The Hall–Kier alpha value is -2.59. The molecule has 1 heterocycles. The lowest BCUT2D eigenvalue weighted by Crippen LogP contribution is -2.05. The monoisotopic (exact) mass is 341 g/mol. The second-order valence-corrected chi connectivity index (χ2v) is 5.67. The lowest BCUT2D eigenvalue weighted by Gasteiger charge is -2.07. The van der Waals surface area contributed by atoms with Crippen LogP contribution < -0.4 is 4.74 Å². The Morgan fingerprint density at radius 2 is 1.92 bits per heavy atom. The van der Waals surface area contributed by atoms with Gasteiger partial charge in [-0.2, -0.15) is 0 Å². The van der Waals surface area contributed by atoms with Gasteiger partial charge < -0.3 is 9.47 Å². The molecule has 0 saturated heterocycles. The zero-order valence-corrected chi connectivity index (χ0v) is 13.9. The average Bonchev–Trinajstić information content (AvgIpc) is 2.95. The fraction of sp³-hybridized carbons (Fsp3) is 0.158. The highest BCUT2D eigenvalue weighted by Crippen LogP contribution is 2.25. The lowest BCUT2D eigenvalue weighted by molar-refractivity contribution is -0.129. The largest absolute Gasteiger partial charge is 0.493 e. The predicted molar refractivity (Wildman–Crippen MR) is 94.3 cm³/mol. The van der Waals surface area contributed by atoms with Gasteiger partial charge in [0, 0.05) is 16.1 Å². The highest BCUT2D eigenvalue weighted by atomic mass is 35.5. The molecule has 0 atom stereocenters. The van der Waals surface area contributed by atoms with E-state index in [1.807, 2.05) is 31.2 Å². The molecule has 0 bridgehead atoms. The molecule has 0 spiro atoms. The second kappa shape index (κ2) is 7.32. The highest BCUT2D eigenvalue weighted by Gasteiger charge is 2.24. The Morgan fingerprint density at radius 1 is 1.17 bits per heavy atom. The van der Waals surface area contributed by atoms with Gasteiger partial charge >= 0.3 is 5.97 Å². The summed E-state index contributed by atoms with van der Waals surface area (Å²) in [7, 11) is 0. The standard InChI is InChI=1S/C19H16ClNO3/c1-2-11-23-17-6-4-3-5-14(17)12-16-19(22)24-18(21-16)13-7-9-15(20)10-8-13/h3-10,12H,2,11H2,1H3/b16-12+. The van der Waals surface area contributed by atoms with E-state index in [2.05, 4.69) is 4.99 Å². The summed E-state index contributed by atoms with van der Waals surface area (Å²) in [6.45, 7) is 2.65.